The Morgan fingerprint density at radius 3 is 2.67 bits per heavy atom. The van der Waals surface area contributed by atoms with Gasteiger partial charge in [-0.2, -0.15) is 0 Å². The minimum Gasteiger partial charge on any atom is -0.345 e. The summed E-state index contributed by atoms with van der Waals surface area (Å²) < 4.78 is 0. The van der Waals surface area contributed by atoms with Crippen LogP contribution in [0.4, 0.5) is 0 Å². The first-order valence-corrected chi connectivity index (χ1v) is 5.40. The van der Waals surface area contributed by atoms with Gasteiger partial charge in [-0.05, 0) is 12.8 Å². The Hall–Kier alpha value is -1.32. The lowest BCUT2D eigenvalue weighted by Crippen LogP contribution is -2.66. The number of carbonyl (C=O) groups is 2. The van der Waals surface area contributed by atoms with Crippen molar-refractivity contribution in [2.24, 2.45) is 0 Å². The molecule has 1 aliphatic carbocycles. The molecule has 0 aromatic rings. The summed E-state index contributed by atoms with van der Waals surface area (Å²) >= 11 is 0. The molecule has 4 heteroatoms. The molecule has 0 atom stereocenters. The number of piperazine rings is 1. The topological polar surface area (TPSA) is 49.4 Å². The fourth-order valence-electron chi connectivity index (χ4n) is 2.64. The fraction of sp³-hybridized carbons (Fsp3) is 0.636. The van der Waals surface area contributed by atoms with Crippen LogP contribution in [0.1, 0.15) is 25.7 Å². The van der Waals surface area contributed by atoms with Gasteiger partial charge in [0.05, 0.1) is 6.54 Å². The van der Waals surface area contributed by atoms with Gasteiger partial charge in [-0.25, -0.2) is 0 Å². The van der Waals surface area contributed by atoms with Gasteiger partial charge in [-0.15, -0.1) is 6.58 Å². The van der Waals surface area contributed by atoms with Crippen molar-refractivity contribution in [3.63, 3.8) is 0 Å². The summed E-state index contributed by atoms with van der Waals surface area (Å²) in [6.07, 6.45) is 5.32. The van der Waals surface area contributed by atoms with E-state index in [0.29, 0.717) is 6.54 Å². The maximum Gasteiger partial charge on any atom is 0.246 e. The van der Waals surface area contributed by atoms with E-state index in [1.165, 1.54) is 0 Å². The lowest BCUT2D eigenvalue weighted by Gasteiger charge is -2.43. The van der Waals surface area contributed by atoms with Crippen molar-refractivity contribution in [1.29, 1.82) is 0 Å². The van der Waals surface area contributed by atoms with E-state index in [2.05, 4.69) is 11.9 Å². The molecule has 1 N–H and O–H groups in total. The molecule has 15 heavy (non-hydrogen) atoms. The molecule has 0 aromatic carbocycles. The predicted octanol–water partition coefficient (Wildman–Crippen LogP) is 0.444. The maximum atomic E-state index is 11.9. The Morgan fingerprint density at radius 1 is 1.40 bits per heavy atom. The number of nitrogens with one attached hydrogen (secondary N) is 1. The van der Waals surface area contributed by atoms with E-state index < -0.39 is 5.54 Å². The third-order valence-corrected chi connectivity index (χ3v) is 3.38. The lowest BCUT2D eigenvalue weighted by atomic mass is 9.91. The second kappa shape index (κ2) is 3.68. The molecular weight excluding hydrogens is 192 g/mol. The van der Waals surface area contributed by atoms with Gasteiger partial charge in [0, 0.05) is 6.54 Å². The molecule has 2 amide bonds. The second-order valence-corrected chi connectivity index (χ2v) is 4.21. The van der Waals surface area contributed by atoms with Crippen LogP contribution in [0, 0.1) is 0 Å². The Balaban J connectivity index is 2.31. The zero-order valence-electron chi connectivity index (χ0n) is 8.79. The summed E-state index contributed by atoms with van der Waals surface area (Å²) in [5, 5.41) is 2.69. The highest BCUT2D eigenvalue weighted by Gasteiger charge is 2.50. The van der Waals surface area contributed by atoms with Crippen molar-refractivity contribution >= 4 is 11.8 Å². The molecule has 1 saturated carbocycles. The minimum absolute atomic E-state index is 0.0106. The number of hydrogen-bond donors (Lipinski definition) is 1. The summed E-state index contributed by atoms with van der Waals surface area (Å²) in [7, 11) is 0. The molecule has 2 aliphatic rings. The van der Waals surface area contributed by atoms with Crippen LogP contribution >= 0.6 is 0 Å². The van der Waals surface area contributed by atoms with E-state index in [1.54, 1.807) is 11.0 Å². The van der Waals surface area contributed by atoms with E-state index in [0.717, 1.165) is 25.7 Å². The van der Waals surface area contributed by atoms with Gasteiger partial charge in [0.25, 0.3) is 0 Å². The van der Waals surface area contributed by atoms with E-state index in [-0.39, 0.29) is 18.4 Å². The quantitative estimate of drug-likeness (QED) is 0.670. The third kappa shape index (κ3) is 1.44. The highest BCUT2D eigenvalue weighted by molar-refractivity contribution is 5.98. The van der Waals surface area contributed by atoms with Crippen LogP contribution in [0.2, 0.25) is 0 Å². The summed E-state index contributed by atoms with van der Waals surface area (Å²) in [4.78, 5) is 25.4. The van der Waals surface area contributed by atoms with Crippen molar-refractivity contribution in [3.05, 3.63) is 12.7 Å². The molecule has 1 aliphatic heterocycles. The lowest BCUT2D eigenvalue weighted by molar-refractivity contribution is -0.152. The van der Waals surface area contributed by atoms with Crippen molar-refractivity contribution < 1.29 is 9.59 Å². The second-order valence-electron chi connectivity index (χ2n) is 4.21. The molecule has 2 fully saturated rings. The Morgan fingerprint density at radius 2 is 2.07 bits per heavy atom. The summed E-state index contributed by atoms with van der Waals surface area (Å²) in [6, 6.07) is 0. The number of amides is 2. The van der Waals surface area contributed by atoms with E-state index in [1.807, 2.05) is 0 Å². The number of nitrogens with zero attached hydrogens (tertiary/aromatic N) is 1. The molecule has 0 radical (unpaired) electrons. The van der Waals surface area contributed by atoms with Crippen LogP contribution in [0.15, 0.2) is 12.7 Å². The van der Waals surface area contributed by atoms with Crippen LogP contribution in [-0.2, 0) is 9.59 Å². The molecule has 1 spiro atoms. The normalized spacial score (nSPS) is 24.4. The predicted molar refractivity (Wildman–Crippen MR) is 56.1 cm³/mol. The van der Waals surface area contributed by atoms with Crippen LogP contribution < -0.4 is 5.32 Å². The van der Waals surface area contributed by atoms with Gasteiger partial charge in [0.15, 0.2) is 0 Å². The average molecular weight is 208 g/mol. The standard InChI is InChI=1S/C11H16N2O2/c1-2-7-13-9(14)8-12-10(15)11(13)5-3-4-6-11/h2H,1,3-8H2,(H,12,15). The molecule has 0 unspecified atom stereocenters. The average Bonchev–Trinajstić information content (AvgIpc) is 2.70. The molecule has 0 bridgehead atoms. The largest absolute Gasteiger partial charge is 0.345 e. The van der Waals surface area contributed by atoms with Crippen LogP contribution in [-0.4, -0.2) is 35.3 Å². The molecule has 1 heterocycles. The smallest absolute Gasteiger partial charge is 0.246 e. The highest BCUT2D eigenvalue weighted by atomic mass is 16.2. The number of rotatable bonds is 2. The zero-order valence-corrected chi connectivity index (χ0v) is 8.79. The van der Waals surface area contributed by atoms with Gasteiger partial charge in [0.1, 0.15) is 5.54 Å². The molecule has 1 saturated heterocycles. The molecular formula is C11H16N2O2. The van der Waals surface area contributed by atoms with Gasteiger partial charge in [0.2, 0.25) is 11.8 Å². The van der Waals surface area contributed by atoms with Crippen molar-refractivity contribution in [2.45, 2.75) is 31.2 Å². The van der Waals surface area contributed by atoms with Crippen molar-refractivity contribution in [1.82, 2.24) is 10.2 Å². The monoisotopic (exact) mass is 208 g/mol. The summed E-state index contributed by atoms with van der Waals surface area (Å²) in [5.41, 5.74) is -0.566. The van der Waals surface area contributed by atoms with Gasteiger partial charge < -0.3 is 10.2 Å². The van der Waals surface area contributed by atoms with Crippen LogP contribution in [0.5, 0.6) is 0 Å². The van der Waals surface area contributed by atoms with Gasteiger partial charge in [-0.1, -0.05) is 18.9 Å². The van der Waals surface area contributed by atoms with E-state index in [4.69, 9.17) is 0 Å². The summed E-state index contributed by atoms with van der Waals surface area (Å²) in [5.74, 6) is 0.0258. The molecule has 2 rings (SSSR count). The van der Waals surface area contributed by atoms with E-state index in [9.17, 15) is 9.59 Å². The van der Waals surface area contributed by atoms with Crippen molar-refractivity contribution in [3.8, 4) is 0 Å². The number of hydrogen-bond acceptors (Lipinski definition) is 2. The molecule has 4 nitrogen and oxygen atoms in total. The third-order valence-electron chi connectivity index (χ3n) is 3.38. The number of carbonyl (C=O) groups excluding carboxylic acids is 2. The van der Waals surface area contributed by atoms with Crippen molar-refractivity contribution in [2.75, 3.05) is 13.1 Å². The van der Waals surface area contributed by atoms with E-state index >= 15 is 0 Å². The Kier molecular flexibility index (Phi) is 2.50. The maximum absolute atomic E-state index is 11.9. The minimum atomic E-state index is -0.566. The first-order valence-electron chi connectivity index (χ1n) is 5.40. The molecule has 0 aromatic heterocycles. The first kappa shape index (κ1) is 10.2. The van der Waals surface area contributed by atoms with Gasteiger partial charge >= 0.3 is 0 Å². The summed E-state index contributed by atoms with van der Waals surface area (Å²) in [6.45, 7) is 4.26. The van der Waals surface area contributed by atoms with Gasteiger partial charge in [-0.3, -0.25) is 9.59 Å². The Bertz CT molecular complexity index is 306. The van der Waals surface area contributed by atoms with Crippen LogP contribution in [0.25, 0.3) is 0 Å². The fourth-order valence-corrected chi connectivity index (χ4v) is 2.64. The molecule has 82 valence electrons. The highest BCUT2D eigenvalue weighted by Crippen LogP contribution is 2.37. The Labute approximate surface area is 89.3 Å². The van der Waals surface area contributed by atoms with Crippen LogP contribution in [0.3, 0.4) is 0 Å². The first-order chi connectivity index (χ1) is 7.20. The zero-order chi connectivity index (χ0) is 10.9. The SMILES string of the molecule is C=CCN1C(=O)CNC(=O)C12CCCC2.